The van der Waals surface area contributed by atoms with E-state index in [4.69, 9.17) is 16.3 Å². The molecule has 0 radical (unpaired) electrons. The van der Waals surface area contributed by atoms with Crippen molar-refractivity contribution in [1.82, 2.24) is 0 Å². The summed E-state index contributed by atoms with van der Waals surface area (Å²) in [5, 5.41) is 11.1. The summed E-state index contributed by atoms with van der Waals surface area (Å²) in [7, 11) is 0. The molecule has 1 fully saturated rings. The molecule has 19 heavy (non-hydrogen) atoms. The van der Waals surface area contributed by atoms with E-state index >= 15 is 0 Å². The summed E-state index contributed by atoms with van der Waals surface area (Å²) in [6.45, 7) is 4.20. The molecule has 0 saturated heterocycles. The van der Waals surface area contributed by atoms with Gasteiger partial charge in [-0.05, 0) is 49.8 Å². The van der Waals surface area contributed by atoms with Gasteiger partial charge in [-0.3, -0.25) is 0 Å². The van der Waals surface area contributed by atoms with E-state index in [-0.39, 0.29) is 6.10 Å². The molecule has 3 heteroatoms. The van der Waals surface area contributed by atoms with Crippen LogP contribution >= 0.6 is 11.6 Å². The molecule has 106 valence electrons. The summed E-state index contributed by atoms with van der Waals surface area (Å²) in [4.78, 5) is 0. The van der Waals surface area contributed by atoms with Gasteiger partial charge in [0.2, 0.25) is 0 Å². The van der Waals surface area contributed by atoms with E-state index in [1.54, 1.807) is 6.07 Å². The molecular weight excluding hydrogens is 260 g/mol. The fraction of sp³-hybridized carbons (Fsp3) is 0.625. The van der Waals surface area contributed by atoms with Gasteiger partial charge in [-0.1, -0.05) is 37.4 Å². The first kappa shape index (κ1) is 14.7. The van der Waals surface area contributed by atoms with Crippen LogP contribution in [0.15, 0.2) is 24.3 Å². The van der Waals surface area contributed by atoms with Crippen LogP contribution in [-0.4, -0.2) is 17.3 Å². The molecule has 1 aromatic rings. The number of halogens is 1. The van der Waals surface area contributed by atoms with E-state index in [1.807, 2.05) is 25.1 Å². The van der Waals surface area contributed by atoms with Crippen LogP contribution < -0.4 is 4.74 Å². The molecule has 2 rings (SSSR count). The van der Waals surface area contributed by atoms with Crippen molar-refractivity contribution in [2.24, 2.45) is 11.8 Å². The Hall–Kier alpha value is -0.730. The van der Waals surface area contributed by atoms with Crippen molar-refractivity contribution in [3.05, 3.63) is 29.3 Å². The van der Waals surface area contributed by atoms with Crippen molar-refractivity contribution < 1.29 is 9.84 Å². The number of benzene rings is 1. The number of aliphatic hydroxyl groups excluding tert-OH is 1. The van der Waals surface area contributed by atoms with Gasteiger partial charge in [0.25, 0.3) is 0 Å². The van der Waals surface area contributed by atoms with Gasteiger partial charge in [-0.25, -0.2) is 0 Å². The Morgan fingerprint density at radius 3 is 2.84 bits per heavy atom. The van der Waals surface area contributed by atoms with E-state index in [2.05, 4.69) is 6.92 Å². The van der Waals surface area contributed by atoms with E-state index in [1.165, 1.54) is 12.8 Å². The first-order valence-corrected chi connectivity index (χ1v) is 7.54. The molecule has 4 unspecified atom stereocenters. The van der Waals surface area contributed by atoms with Gasteiger partial charge in [0.15, 0.2) is 0 Å². The maximum Gasteiger partial charge on any atom is 0.122 e. The minimum atomic E-state index is -0.401. The lowest BCUT2D eigenvalue weighted by Gasteiger charge is -2.33. The van der Waals surface area contributed by atoms with Crippen molar-refractivity contribution in [2.75, 3.05) is 0 Å². The maximum atomic E-state index is 10.4. The van der Waals surface area contributed by atoms with E-state index in [0.29, 0.717) is 16.9 Å². The van der Waals surface area contributed by atoms with Gasteiger partial charge in [0, 0.05) is 5.02 Å². The third-order valence-electron chi connectivity index (χ3n) is 4.06. The quantitative estimate of drug-likeness (QED) is 0.892. The van der Waals surface area contributed by atoms with Crippen molar-refractivity contribution in [1.29, 1.82) is 0 Å². The normalized spacial score (nSPS) is 26.7. The van der Waals surface area contributed by atoms with Crippen LogP contribution in [0.3, 0.4) is 0 Å². The molecule has 2 nitrogen and oxygen atoms in total. The van der Waals surface area contributed by atoms with Crippen molar-refractivity contribution in [3.63, 3.8) is 0 Å². The number of rotatable bonds is 4. The molecule has 0 amide bonds. The maximum absolute atomic E-state index is 10.4. The largest absolute Gasteiger partial charge is 0.488 e. The van der Waals surface area contributed by atoms with Crippen LogP contribution in [0.4, 0.5) is 0 Å². The number of hydrogen-bond acceptors (Lipinski definition) is 2. The zero-order valence-corrected chi connectivity index (χ0v) is 12.4. The SMILES string of the molecule is CC1CCCC(C(O)C(C)Oc2cccc(Cl)c2)C1. The van der Waals surface area contributed by atoms with Gasteiger partial charge >= 0.3 is 0 Å². The minimum absolute atomic E-state index is 0.200. The lowest BCUT2D eigenvalue weighted by Crippen LogP contribution is -2.37. The van der Waals surface area contributed by atoms with Gasteiger partial charge in [-0.15, -0.1) is 0 Å². The lowest BCUT2D eigenvalue weighted by molar-refractivity contribution is -0.0113. The summed E-state index contributed by atoms with van der Waals surface area (Å²) < 4.78 is 5.81. The molecular formula is C16H23ClO2. The molecule has 4 atom stereocenters. The highest BCUT2D eigenvalue weighted by molar-refractivity contribution is 6.30. The van der Waals surface area contributed by atoms with Crippen LogP contribution in [-0.2, 0) is 0 Å². The Morgan fingerprint density at radius 1 is 1.37 bits per heavy atom. The summed E-state index contributed by atoms with van der Waals surface area (Å²) in [6, 6.07) is 7.34. The highest BCUT2D eigenvalue weighted by Crippen LogP contribution is 2.32. The Morgan fingerprint density at radius 2 is 2.16 bits per heavy atom. The highest BCUT2D eigenvalue weighted by Gasteiger charge is 2.29. The zero-order chi connectivity index (χ0) is 13.8. The molecule has 0 heterocycles. The smallest absolute Gasteiger partial charge is 0.122 e. The van der Waals surface area contributed by atoms with Crippen LogP contribution in [0.5, 0.6) is 5.75 Å². The Kier molecular flexibility index (Phi) is 5.12. The minimum Gasteiger partial charge on any atom is -0.488 e. The predicted octanol–water partition coefficient (Wildman–Crippen LogP) is 4.29. The van der Waals surface area contributed by atoms with Crippen LogP contribution in [0.2, 0.25) is 5.02 Å². The fourth-order valence-electron chi connectivity index (χ4n) is 3.00. The molecule has 1 aliphatic rings. The molecule has 1 N–H and O–H groups in total. The zero-order valence-electron chi connectivity index (χ0n) is 11.7. The van der Waals surface area contributed by atoms with Gasteiger partial charge < -0.3 is 9.84 Å². The van der Waals surface area contributed by atoms with E-state index < -0.39 is 6.10 Å². The second-order valence-corrected chi connectivity index (χ2v) is 6.24. The van der Waals surface area contributed by atoms with Gasteiger partial charge in [0.1, 0.15) is 11.9 Å². The molecule has 1 saturated carbocycles. The van der Waals surface area contributed by atoms with Crippen LogP contribution in [0, 0.1) is 11.8 Å². The molecule has 1 aromatic carbocycles. The number of ether oxygens (including phenoxy) is 1. The van der Waals surface area contributed by atoms with E-state index in [9.17, 15) is 5.11 Å². The van der Waals surface area contributed by atoms with Gasteiger partial charge in [0.05, 0.1) is 6.10 Å². The average Bonchev–Trinajstić information content (AvgIpc) is 2.38. The third-order valence-corrected chi connectivity index (χ3v) is 4.29. The number of hydrogen-bond donors (Lipinski definition) is 1. The predicted molar refractivity (Wildman–Crippen MR) is 78.7 cm³/mol. The van der Waals surface area contributed by atoms with Crippen LogP contribution in [0.1, 0.15) is 39.5 Å². The molecule has 1 aliphatic carbocycles. The van der Waals surface area contributed by atoms with Crippen LogP contribution in [0.25, 0.3) is 0 Å². The Labute approximate surface area is 120 Å². The van der Waals surface area contributed by atoms with Gasteiger partial charge in [-0.2, -0.15) is 0 Å². The second kappa shape index (κ2) is 6.62. The summed E-state index contributed by atoms with van der Waals surface area (Å²) in [5.41, 5.74) is 0. The second-order valence-electron chi connectivity index (χ2n) is 5.80. The highest BCUT2D eigenvalue weighted by atomic mass is 35.5. The summed E-state index contributed by atoms with van der Waals surface area (Å²) in [6.07, 6.45) is 4.11. The first-order chi connectivity index (χ1) is 9.06. The van der Waals surface area contributed by atoms with Crippen molar-refractivity contribution in [2.45, 2.75) is 51.7 Å². The molecule has 0 aromatic heterocycles. The average molecular weight is 283 g/mol. The molecule has 0 bridgehead atoms. The lowest BCUT2D eigenvalue weighted by atomic mass is 9.78. The topological polar surface area (TPSA) is 29.5 Å². The van der Waals surface area contributed by atoms with Crippen molar-refractivity contribution in [3.8, 4) is 5.75 Å². The Bertz CT molecular complexity index is 407. The van der Waals surface area contributed by atoms with E-state index in [0.717, 1.165) is 18.6 Å². The fourth-order valence-corrected chi connectivity index (χ4v) is 3.18. The van der Waals surface area contributed by atoms with Crippen molar-refractivity contribution >= 4 is 11.6 Å². The summed E-state index contributed by atoms with van der Waals surface area (Å²) >= 11 is 5.93. The number of aliphatic hydroxyl groups is 1. The third kappa shape index (κ3) is 4.12. The molecule has 0 aliphatic heterocycles. The Balaban J connectivity index is 1.93. The standard InChI is InChI=1S/C16H23ClO2/c1-11-5-3-6-13(9-11)16(18)12(2)19-15-8-4-7-14(17)10-15/h4,7-8,10-13,16,18H,3,5-6,9H2,1-2H3. The summed E-state index contributed by atoms with van der Waals surface area (Å²) in [5.74, 6) is 1.80. The monoisotopic (exact) mass is 282 g/mol. The molecule has 0 spiro atoms. The first-order valence-electron chi connectivity index (χ1n) is 7.16.